The van der Waals surface area contributed by atoms with Crippen LogP contribution in [0.15, 0.2) is 0 Å². The highest BCUT2D eigenvalue weighted by molar-refractivity contribution is 4.90. The quantitative estimate of drug-likeness (QED) is 0.566. The monoisotopic (exact) mass is 159 g/mol. The van der Waals surface area contributed by atoms with Gasteiger partial charge in [0.15, 0.2) is 0 Å². The summed E-state index contributed by atoms with van der Waals surface area (Å²) in [6, 6.07) is 0. The van der Waals surface area contributed by atoms with Gasteiger partial charge in [0.1, 0.15) is 0 Å². The highest BCUT2D eigenvalue weighted by Gasteiger charge is 2.36. The zero-order valence-corrected chi connectivity index (χ0v) is 6.88. The summed E-state index contributed by atoms with van der Waals surface area (Å²) < 4.78 is 5.57. The van der Waals surface area contributed by atoms with Gasteiger partial charge in [-0.3, -0.25) is 0 Å². The van der Waals surface area contributed by atoms with Gasteiger partial charge in [-0.1, -0.05) is 0 Å². The molecule has 0 saturated heterocycles. The van der Waals surface area contributed by atoms with Crippen molar-refractivity contribution in [3.8, 4) is 0 Å². The summed E-state index contributed by atoms with van der Waals surface area (Å²) in [6.45, 7) is 1.48. The molecule has 0 amide bonds. The first-order valence-corrected chi connectivity index (χ1v) is 4.28. The normalized spacial score (nSPS) is 21.3. The number of rotatable bonds is 5. The topological polar surface area (TPSA) is 55.5 Å². The maximum Gasteiger partial charge on any atom is 0.0804 e. The Morgan fingerprint density at radius 3 is 2.55 bits per heavy atom. The Morgan fingerprint density at radius 1 is 1.45 bits per heavy atom. The molecule has 1 aliphatic carbocycles. The van der Waals surface area contributed by atoms with E-state index in [4.69, 9.17) is 15.6 Å². The summed E-state index contributed by atoms with van der Waals surface area (Å²) in [5.74, 6) is 0. The smallest absolute Gasteiger partial charge is 0.0804 e. The Bertz CT molecular complexity index is 107. The van der Waals surface area contributed by atoms with E-state index in [1.165, 1.54) is 6.42 Å². The first kappa shape index (κ1) is 8.97. The standard InChI is InChI=1S/C8H17NO2/c9-7-8(3-1-4-8)11-6-2-5-10/h10H,1-7,9H2. The second kappa shape index (κ2) is 4.04. The van der Waals surface area contributed by atoms with Crippen LogP contribution in [0.25, 0.3) is 0 Å². The summed E-state index contributed by atoms with van der Waals surface area (Å²) in [6.07, 6.45) is 4.14. The molecule has 1 saturated carbocycles. The summed E-state index contributed by atoms with van der Waals surface area (Å²) in [5.41, 5.74) is 5.54. The van der Waals surface area contributed by atoms with Crippen LogP contribution in [-0.4, -0.2) is 30.5 Å². The van der Waals surface area contributed by atoms with Crippen LogP contribution >= 0.6 is 0 Å². The summed E-state index contributed by atoms with van der Waals surface area (Å²) in [5, 5.41) is 8.52. The van der Waals surface area contributed by atoms with E-state index in [-0.39, 0.29) is 12.2 Å². The van der Waals surface area contributed by atoms with Gasteiger partial charge in [0.2, 0.25) is 0 Å². The van der Waals surface area contributed by atoms with Gasteiger partial charge in [0.25, 0.3) is 0 Å². The molecule has 0 spiro atoms. The molecule has 1 aliphatic rings. The molecule has 1 rings (SSSR count). The summed E-state index contributed by atoms with van der Waals surface area (Å²) in [7, 11) is 0. The fourth-order valence-corrected chi connectivity index (χ4v) is 1.33. The van der Waals surface area contributed by atoms with E-state index in [9.17, 15) is 0 Å². The van der Waals surface area contributed by atoms with Crippen molar-refractivity contribution in [1.82, 2.24) is 0 Å². The molecule has 0 aliphatic heterocycles. The second-order valence-electron chi connectivity index (χ2n) is 3.17. The maximum absolute atomic E-state index is 8.52. The molecule has 3 heteroatoms. The van der Waals surface area contributed by atoms with Crippen molar-refractivity contribution >= 4 is 0 Å². The predicted octanol–water partition coefficient (Wildman–Crippen LogP) is 0.267. The Morgan fingerprint density at radius 2 is 2.18 bits per heavy atom. The van der Waals surface area contributed by atoms with Crippen molar-refractivity contribution in [3.05, 3.63) is 0 Å². The van der Waals surface area contributed by atoms with Crippen LogP contribution in [0.4, 0.5) is 0 Å². The summed E-state index contributed by atoms with van der Waals surface area (Å²) >= 11 is 0. The van der Waals surface area contributed by atoms with Crippen LogP contribution in [0.1, 0.15) is 25.7 Å². The van der Waals surface area contributed by atoms with E-state index in [0.717, 1.165) is 19.3 Å². The number of nitrogens with two attached hydrogens (primary N) is 1. The molecule has 3 N–H and O–H groups in total. The molecule has 3 nitrogen and oxygen atoms in total. The molecule has 0 aromatic rings. The van der Waals surface area contributed by atoms with Gasteiger partial charge in [0, 0.05) is 19.8 Å². The Labute approximate surface area is 67.5 Å². The van der Waals surface area contributed by atoms with Gasteiger partial charge >= 0.3 is 0 Å². The number of hydrogen-bond donors (Lipinski definition) is 2. The fourth-order valence-electron chi connectivity index (χ4n) is 1.33. The molecule has 0 aromatic carbocycles. The van der Waals surface area contributed by atoms with Crippen LogP contribution in [0.5, 0.6) is 0 Å². The van der Waals surface area contributed by atoms with Crippen LogP contribution in [0, 0.1) is 0 Å². The van der Waals surface area contributed by atoms with Gasteiger partial charge in [0.05, 0.1) is 5.60 Å². The zero-order chi connectivity index (χ0) is 8.16. The minimum Gasteiger partial charge on any atom is -0.396 e. The molecule has 1 fully saturated rings. The van der Waals surface area contributed by atoms with Crippen molar-refractivity contribution in [1.29, 1.82) is 0 Å². The minimum atomic E-state index is -0.0187. The number of hydrogen-bond acceptors (Lipinski definition) is 3. The van der Waals surface area contributed by atoms with Crippen LogP contribution in [0.2, 0.25) is 0 Å². The highest BCUT2D eigenvalue weighted by Crippen LogP contribution is 2.34. The lowest BCUT2D eigenvalue weighted by Gasteiger charge is -2.40. The van der Waals surface area contributed by atoms with Crippen molar-refractivity contribution in [2.45, 2.75) is 31.3 Å². The lowest BCUT2D eigenvalue weighted by molar-refractivity contribution is -0.0947. The average molecular weight is 159 g/mol. The predicted molar refractivity (Wildman–Crippen MR) is 43.3 cm³/mol. The third-order valence-electron chi connectivity index (χ3n) is 2.35. The second-order valence-corrected chi connectivity index (χ2v) is 3.17. The average Bonchev–Trinajstić information content (AvgIpc) is 1.95. The van der Waals surface area contributed by atoms with E-state index in [1.807, 2.05) is 0 Å². The van der Waals surface area contributed by atoms with Crippen molar-refractivity contribution in [2.75, 3.05) is 19.8 Å². The van der Waals surface area contributed by atoms with Gasteiger partial charge in [-0.05, 0) is 25.7 Å². The van der Waals surface area contributed by atoms with Gasteiger partial charge in [-0.25, -0.2) is 0 Å². The van der Waals surface area contributed by atoms with Gasteiger partial charge in [-0.15, -0.1) is 0 Å². The van der Waals surface area contributed by atoms with Crippen LogP contribution in [-0.2, 0) is 4.74 Å². The first-order valence-electron chi connectivity index (χ1n) is 4.28. The highest BCUT2D eigenvalue weighted by atomic mass is 16.5. The molecule has 0 radical (unpaired) electrons. The minimum absolute atomic E-state index is 0.0187. The molecular weight excluding hydrogens is 142 g/mol. The molecule has 0 atom stereocenters. The summed E-state index contributed by atoms with van der Waals surface area (Å²) in [4.78, 5) is 0. The number of ether oxygens (including phenoxy) is 1. The molecule has 0 bridgehead atoms. The number of aliphatic hydroxyl groups excluding tert-OH is 1. The maximum atomic E-state index is 8.52. The lowest BCUT2D eigenvalue weighted by atomic mass is 9.80. The first-order chi connectivity index (χ1) is 5.33. The number of aliphatic hydroxyl groups is 1. The Balaban J connectivity index is 2.11. The Hall–Kier alpha value is -0.120. The van der Waals surface area contributed by atoms with Crippen LogP contribution in [0.3, 0.4) is 0 Å². The molecule has 0 heterocycles. The molecule has 11 heavy (non-hydrogen) atoms. The van der Waals surface area contributed by atoms with Crippen molar-refractivity contribution in [3.63, 3.8) is 0 Å². The van der Waals surface area contributed by atoms with Crippen molar-refractivity contribution in [2.24, 2.45) is 5.73 Å². The third-order valence-corrected chi connectivity index (χ3v) is 2.35. The fraction of sp³-hybridized carbons (Fsp3) is 1.00. The largest absolute Gasteiger partial charge is 0.396 e. The lowest BCUT2D eigenvalue weighted by Crippen LogP contribution is -2.47. The van der Waals surface area contributed by atoms with E-state index < -0.39 is 0 Å². The molecule has 0 aromatic heterocycles. The molecule has 0 unspecified atom stereocenters. The van der Waals surface area contributed by atoms with Gasteiger partial charge in [-0.2, -0.15) is 0 Å². The van der Waals surface area contributed by atoms with E-state index >= 15 is 0 Å². The zero-order valence-electron chi connectivity index (χ0n) is 6.88. The molecule has 66 valence electrons. The van der Waals surface area contributed by atoms with E-state index in [2.05, 4.69) is 0 Å². The van der Waals surface area contributed by atoms with E-state index in [1.54, 1.807) is 0 Å². The van der Waals surface area contributed by atoms with Crippen LogP contribution < -0.4 is 5.73 Å². The molecular formula is C8H17NO2. The Kier molecular flexibility index (Phi) is 3.30. The third kappa shape index (κ3) is 2.15. The van der Waals surface area contributed by atoms with Gasteiger partial charge < -0.3 is 15.6 Å². The van der Waals surface area contributed by atoms with E-state index in [0.29, 0.717) is 13.2 Å². The van der Waals surface area contributed by atoms with Crippen molar-refractivity contribution < 1.29 is 9.84 Å². The SMILES string of the molecule is NCC1(OCCCO)CCC1.